The molecule has 16 heavy (non-hydrogen) atoms. The van der Waals surface area contributed by atoms with Gasteiger partial charge in [-0.15, -0.1) is 0 Å². The number of fused-ring (bicyclic) bond motifs is 1. The van der Waals surface area contributed by atoms with Crippen molar-refractivity contribution in [1.82, 2.24) is 0 Å². The molecule has 2 aromatic rings. The minimum atomic E-state index is 0.186. The van der Waals surface area contributed by atoms with Gasteiger partial charge in [0.2, 0.25) is 5.78 Å². The van der Waals surface area contributed by atoms with Crippen molar-refractivity contribution in [1.29, 1.82) is 0 Å². The Bertz CT molecular complexity index is 574. The Hall–Kier alpha value is -1.57. The van der Waals surface area contributed by atoms with Crippen molar-refractivity contribution in [3.63, 3.8) is 0 Å². The maximum Gasteiger partial charge on any atom is 0.201 e. The quantitative estimate of drug-likeness (QED) is 0.714. The van der Waals surface area contributed by atoms with Crippen molar-refractivity contribution in [2.75, 3.05) is 0 Å². The number of carbonyl (C=O) groups excluding carboxylic acids is 1. The first kappa shape index (κ1) is 9.64. The molecule has 0 radical (unpaired) electrons. The Kier molecular flexibility index (Phi) is 1.93. The lowest BCUT2D eigenvalue weighted by Gasteiger charge is -1.94. The lowest BCUT2D eigenvalue weighted by Crippen LogP contribution is -2.00. The van der Waals surface area contributed by atoms with Crippen molar-refractivity contribution in [3.8, 4) is 0 Å². The van der Waals surface area contributed by atoms with Gasteiger partial charge in [0, 0.05) is 16.9 Å². The SMILES string of the molecule is Cc1ccc2oc(C(=O)C3CC3)c(C)c2c1. The van der Waals surface area contributed by atoms with Gasteiger partial charge >= 0.3 is 0 Å². The van der Waals surface area contributed by atoms with E-state index in [1.165, 1.54) is 5.56 Å². The number of hydrogen-bond donors (Lipinski definition) is 0. The highest BCUT2D eigenvalue weighted by Crippen LogP contribution is 2.36. The summed E-state index contributed by atoms with van der Waals surface area (Å²) in [5.41, 5.74) is 3.02. The van der Waals surface area contributed by atoms with E-state index in [4.69, 9.17) is 4.42 Å². The number of furan rings is 1. The Morgan fingerprint density at radius 1 is 1.31 bits per heavy atom. The summed E-state index contributed by atoms with van der Waals surface area (Å²) >= 11 is 0. The molecule has 1 heterocycles. The van der Waals surface area contributed by atoms with Crippen molar-refractivity contribution < 1.29 is 9.21 Å². The van der Waals surface area contributed by atoms with Crippen LogP contribution in [0.3, 0.4) is 0 Å². The highest BCUT2D eigenvalue weighted by molar-refractivity contribution is 6.02. The van der Waals surface area contributed by atoms with Crippen LogP contribution >= 0.6 is 0 Å². The van der Waals surface area contributed by atoms with Crippen LogP contribution < -0.4 is 0 Å². The Labute approximate surface area is 94.3 Å². The summed E-state index contributed by atoms with van der Waals surface area (Å²) in [4.78, 5) is 12.0. The van der Waals surface area contributed by atoms with Crippen molar-refractivity contribution >= 4 is 16.8 Å². The lowest BCUT2D eigenvalue weighted by molar-refractivity contribution is 0.0941. The smallest absolute Gasteiger partial charge is 0.201 e. The number of benzene rings is 1. The molecule has 3 rings (SSSR count). The maximum atomic E-state index is 12.0. The van der Waals surface area contributed by atoms with Gasteiger partial charge in [-0.1, -0.05) is 11.6 Å². The summed E-state index contributed by atoms with van der Waals surface area (Å²) in [6, 6.07) is 6.04. The van der Waals surface area contributed by atoms with Gasteiger partial charge in [0.1, 0.15) is 5.58 Å². The van der Waals surface area contributed by atoms with Gasteiger partial charge in [-0.2, -0.15) is 0 Å². The first-order valence-electron chi connectivity index (χ1n) is 5.71. The number of hydrogen-bond acceptors (Lipinski definition) is 2. The molecule has 1 aromatic heterocycles. The minimum absolute atomic E-state index is 0.186. The fraction of sp³-hybridized carbons (Fsp3) is 0.357. The number of carbonyl (C=O) groups is 1. The van der Waals surface area contributed by atoms with Gasteiger partial charge in [0.25, 0.3) is 0 Å². The van der Waals surface area contributed by atoms with Crippen LogP contribution in [0.15, 0.2) is 22.6 Å². The molecule has 1 saturated carbocycles. The van der Waals surface area contributed by atoms with Gasteiger partial charge in [-0.05, 0) is 38.8 Å². The molecule has 82 valence electrons. The van der Waals surface area contributed by atoms with Gasteiger partial charge < -0.3 is 4.42 Å². The summed E-state index contributed by atoms with van der Waals surface area (Å²) in [5, 5.41) is 1.07. The molecule has 0 unspecified atom stereocenters. The van der Waals surface area contributed by atoms with E-state index >= 15 is 0 Å². The van der Waals surface area contributed by atoms with Crippen LogP contribution in [-0.4, -0.2) is 5.78 Å². The third-order valence-corrected chi connectivity index (χ3v) is 3.26. The fourth-order valence-electron chi connectivity index (χ4n) is 2.10. The van der Waals surface area contributed by atoms with Gasteiger partial charge in [-0.25, -0.2) is 0 Å². The van der Waals surface area contributed by atoms with E-state index in [0.717, 1.165) is 29.4 Å². The van der Waals surface area contributed by atoms with Crippen LogP contribution in [-0.2, 0) is 0 Å². The zero-order valence-electron chi connectivity index (χ0n) is 9.54. The minimum Gasteiger partial charge on any atom is -0.453 e. The highest BCUT2D eigenvalue weighted by atomic mass is 16.3. The molecule has 0 bridgehead atoms. The number of rotatable bonds is 2. The van der Waals surface area contributed by atoms with E-state index in [-0.39, 0.29) is 11.7 Å². The summed E-state index contributed by atoms with van der Waals surface area (Å²) in [5.74, 6) is 0.981. The fourth-order valence-corrected chi connectivity index (χ4v) is 2.10. The summed E-state index contributed by atoms with van der Waals surface area (Å²) in [7, 11) is 0. The van der Waals surface area contributed by atoms with E-state index in [2.05, 4.69) is 6.07 Å². The number of aryl methyl sites for hydroxylation is 2. The molecule has 2 heteroatoms. The molecular formula is C14H14O2. The summed E-state index contributed by atoms with van der Waals surface area (Å²) < 4.78 is 5.67. The van der Waals surface area contributed by atoms with E-state index in [0.29, 0.717) is 5.76 Å². The van der Waals surface area contributed by atoms with Crippen molar-refractivity contribution in [2.24, 2.45) is 5.92 Å². The monoisotopic (exact) mass is 214 g/mol. The Balaban J connectivity index is 2.18. The van der Waals surface area contributed by atoms with E-state index < -0.39 is 0 Å². The van der Waals surface area contributed by atoms with Crippen LogP contribution in [0.2, 0.25) is 0 Å². The molecule has 0 spiro atoms. The predicted molar refractivity (Wildman–Crippen MR) is 62.7 cm³/mol. The van der Waals surface area contributed by atoms with E-state index in [1.54, 1.807) is 0 Å². The average molecular weight is 214 g/mol. The Morgan fingerprint density at radius 2 is 2.06 bits per heavy atom. The topological polar surface area (TPSA) is 30.2 Å². The van der Waals surface area contributed by atoms with Gasteiger partial charge in [-0.3, -0.25) is 4.79 Å². The molecule has 0 atom stereocenters. The molecule has 1 aromatic carbocycles. The van der Waals surface area contributed by atoms with Crippen molar-refractivity contribution in [2.45, 2.75) is 26.7 Å². The molecule has 0 saturated heterocycles. The lowest BCUT2D eigenvalue weighted by atomic mass is 10.1. The molecule has 2 nitrogen and oxygen atoms in total. The first-order chi connectivity index (χ1) is 7.66. The zero-order chi connectivity index (χ0) is 11.3. The van der Waals surface area contributed by atoms with Crippen LogP contribution in [0.5, 0.6) is 0 Å². The third kappa shape index (κ3) is 1.37. The summed E-state index contributed by atoms with van der Waals surface area (Å²) in [6.07, 6.45) is 2.04. The standard InChI is InChI=1S/C14H14O2/c1-8-3-6-12-11(7-8)9(2)14(16-12)13(15)10-4-5-10/h3,6-7,10H,4-5H2,1-2H3. The van der Waals surface area contributed by atoms with Crippen LogP contribution in [0, 0.1) is 19.8 Å². The molecule has 1 fully saturated rings. The number of Topliss-reactive ketones (excluding diaryl/α,β-unsaturated/α-hetero) is 1. The second-order valence-corrected chi connectivity index (χ2v) is 4.69. The van der Waals surface area contributed by atoms with Crippen LogP contribution in [0.25, 0.3) is 11.0 Å². The third-order valence-electron chi connectivity index (χ3n) is 3.26. The van der Waals surface area contributed by atoms with Gasteiger partial charge in [0.05, 0.1) is 0 Å². The van der Waals surface area contributed by atoms with Crippen LogP contribution in [0.4, 0.5) is 0 Å². The summed E-state index contributed by atoms with van der Waals surface area (Å²) in [6.45, 7) is 4.02. The predicted octanol–water partition coefficient (Wildman–Crippen LogP) is 3.64. The molecule has 0 amide bonds. The van der Waals surface area contributed by atoms with Gasteiger partial charge in [0.15, 0.2) is 5.76 Å². The zero-order valence-corrected chi connectivity index (χ0v) is 9.54. The van der Waals surface area contributed by atoms with E-state index in [1.807, 2.05) is 26.0 Å². The second-order valence-electron chi connectivity index (χ2n) is 4.69. The molecule has 1 aliphatic carbocycles. The largest absolute Gasteiger partial charge is 0.453 e. The molecule has 1 aliphatic rings. The molecular weight excluding hydrogens is 200 g/mol. The second kappa shape index (κ2) is 3.21. The van der Waals surface area contributed by atoms with Crippen LogP contribution in [0.1, 0.15) is 34.5 Å². The highest BCUT2D eigenvalue weighted by Gasteiger charge is 2.33. The van der Waals surface area contributed by atoms with Crippen molar-refractivity contribution in [3.05, 3.63) is 35.1 Å². The normalized spacial score (nSPS) is 15.6. The van der Waals surface area contributed by atoms with E-state index in [9.17, 15) is 4.79 Å². The maximum absolute atomic E-state index is 12.0. The first-order valence-corrected chi connectivity index (χ1v) is 5.71. The molecule has 0 aliphatic heterocycles. The average Bonchev–Trinajstić information content (AvgIpc) is 3.05. The number of ketones is 1. The Morgan fingerprint density at radius 3 is 2.75 bits per heavy atom. The molecule has 0 N–H and O–H groups in total.